The first kappa shape index (κ1) is 14.0. The molecule has 0 aromatic heterocycles. The van der Waals surface area contributed by atoms with E-state index >= 15 is 0 Å². The van der Waals surface area contributed by atoms with Crippen molar-refractivity contribution in [3.05, 3.63) is 47.0 Å². The molecular weight excluding hydrogens is 206 g/mol. The van der Waals surface area contributed by atoms with Crippen LogP contribution in [-0.4, -0.2) is 6.54 Å². The van der Waals surface area contributed by atoms with E-state index in [0.717, 1.165) is 19.4 Å². The van der Waals surface area contributed by atoms with Crippen molar-refractivity contribution in [1.29, 1.82) is 0 Å². The highest BCUT2D eigenvalue weighted by molar-refractivity contribution is 5.36. The van der Waals surface area contributed by atoms with Crippen LogP contribution in [0.2, 0.25) is 0 Å². The van der Waals surface area contributed by atoms with Gasteiger partial charge in [0.2, 0.25) is 0 Å². The highest BCUT2D eigenvalue weighted by Gasteiger charge is 2.14. The van der Waals surface area contributed by atoms with Gasteiger partial charge in [0.15, 0.2) is 0 Å². The molecule has 0 aliphatic rings. The Bertz CT molecular complexity index is 359. The second-order valence-electron chi connectivity index (χ2n) is 4.91. The van der Waals surface area contributed by atoms with Gasteiger partial charge >= 0.3 is 0 Å². The smallest absolute Gasteiger partial charge is 0.0328 e. The van der Waals surface area contributed by atoms with Gasteiger partial charge in [-0.05, 0) is 56.8 Å². The summed E-state index contributed by atoms with van der Waals surface area (Å²) in [4.78, 5) is 0. The first-order valence-corrected chi connectivity index (χ1v) is 6.50. The Balaban J connectivity index is 2.92. The van der Waals surface area contributed by atoms with Gasteiger partial charge in [0.1, 0.15) is 0 Å². The molecule has 94 valence electrons. The standard InChI is InChI=1S/C16H25N/c1-6-17-15(11-10-12(2)3)16-13(4)8-7-9-14(16)5/h7-9,15,17H,2,6,10-11H2,1,3-5H3. The Kier molecular flexibility index (Phi) is 5.43. The van der Waals surface area contributed by atoms with Gasteiger partial charge in [-0.2, -0.15) is 0 Å². The number of benzene rings is 1. The molecule has 1 nitrogen and oxygen atoms in total. The summed E-state index contributed by atoms with van der Waals surface area (Å²) in [6.07, 6.45) is 2.22. The molecule has 1 rings (SSSR count). The van der Waals surface area contributed by atoms with Crippen LogP contribution in [0.3, 0.4) is 0 Å². The van der Waals surface area contributed by atoms with Crippen molar-refractivity contribution in [2.45, 2.75) is 46.6 Å². The molecule has 1 aromatic rings. The topological polar surface area (TPSA) is 12.0 Å². The lowest BCUT2D eigenvalue weighted by atomic mass is 9.92. The molecule has 1 unspecified atom stereocenters. The Morgan fingerprint density at radius 1 is 1.29 bits per heavy atom. The van der Waals surface area contributed by atoms with Gasteiger partial charge in [0, 0.05) is 6.04 Å². The molecule has 1 aromatic carbocycles. The summed E-state index contributed by atoms with van der Waals surface area (Å²) >= 11 is 0. The van der Waals surface area contributed by atoms with Crippen LogP contribution in [0.25, 0.3) is 0 Å². The lowest BCUT2D eigenvalue weighted by Crippen LogP contribution is -2.22. The molecule has 0 heterocycles. The number of aryl methyl sites for hydroxylation is 2. The molecule has 0 aliphatic carbocycles. The minimum absolute atomic E-state index is 0.456. The third-order valence-corrected chi connectivity index (χ3v) is 3.20. The van der Waals surface area contributed by atoms with Crippen molar-refractivity contribution in [2.75, 3.05) is 6.54 Å². The van der Waals surface area contributed by atoms with E-state index in [1.165, 1.54) is 22.3 Å². The molecule has 17 heavy (non-hydrogen) atoms. The summed E-state index contributed by atoms with van der Waals surface area (Å²) < 4.78 is 0. The van der Waals surface area contributed by atoms with Gasteiger partial charge in [0.05, 0.1) is 0 Å². The number of allylic oxidation sites excluding steroid dienone is 1. The predicted molar refractivity (Wildman–Crippen MR) is 76.4 cm³/mol. The van der Waals surface area contributed by atoms with Gasteiger partial charge in [-0.25, -0.2) is 0 Å². The molecular formula is C16H25N. The summed E-state index contributed by atoms with van der Waals surface area (Å²) in [6.45, 7) is 13.7. The van der Waals surface area contributed by atoms with E-state index in [4.69, 9.17) is 0 Å². The van der Waals surface area contributed by atoms with Crippen LogP contribution in [0.1, 0.15) is 49.4 Å². The lowest BCUT2D eigenvalue weighted by molar-refractivity contribution is 0.510. The van der Waals surface area contributed by atoms with Crippen LogP contribution in [0.5, 0.6) is 0 Å². The average molecular weight is 231 g/mol. The molecule has 0 aliphatic heterocycles. The monoisotopic (exact) mass is 231 g/mol. The third-order valence-electron chi connectivity index (χ3n) is 3.20. The van der Waals surface area contributed by atoms with E-state index in [-0.39, 0.29) is 0 Å². The van der Waals surface area contributed by atoms with Crippen LogP contribution in [-0.2, 0) is 0 Å². The number of nitrogens with one attached hydrogen (secondary N) is 1. The minimum atomic E-state index is 0.456. The number of hydrogen-bond donors (Lipinski definition) is 1. The van der Waals surface area contributed by atoms with Crippen molar-refractivity contribution >= 4 is 0 Å². The zero-order valence-corrected chi connectivity index (χ0v) is 11.6. The lowest BCUT2D eigenvalue weighted by Gasteiger charge is -2.22. The predicted octanol–water partition coefficient (Wildman–Crippen LogP) is 4.31. The van der Waals surface area contributed by atoms with E-state index in [9.17, 15) is 0 Å². The minimum Gasteiger partial charge on any atom is -0.310 e. The fraction of sp³-hybridized carbons (Fsp3) is 0.500. The molecule has 0 saturated carbocycles. The molecule has 0 bridgehead atoms. The first-order chi connectivity index (χ1) is 8.06. The summed E-state index contributed by atoms with van der Waals surface area (Å²) in [5.41, 5.74) is 5.50. The normalized spacial score (nSPS) is 12.5. The van der Waals surface area contributed by atoms with Crippen molar-refractivity contribution < 1.29 is 0 Å². The van der Waals surface area contributed by atoms with Crippen molar-refractivity contribution in [1.82, 2.24) is 5.32 Å². The summed E-state index contributed by atoms with van der Waals surface area (Å²) in [5.74, 6) is 0. The van der Waals surface area contributed by atoms with Crippen LogP contribution in [0, 0.1) is 13.8 Å². The van der Waals surface area contributed by atoms with E-state index < -0.39 is 0 Å². The molecule has 1 N–H and O–H groups in total. The van der Waals surface area contributed by atoms with Crippen molar-refractivity contribution in [3.63, 3.8) is 0 Å². The Morgan fingerprint density at radius 3 is 2.35 bits per heavy atom. The van der Waals surface area contributed by atoms with Gasteiger partial charge in [-0.15, -0.1) is 6.58 Å². The van der Waals surface area contributed by atoms with E-state index in [1.807, 2.05) is 0 Å². The van der Waals surface area contributed by atoms with Crippen molar-refractivity contribution in [3.8, 4) is 0 Å². The number of rotatable bonds is 6. The van der Waals surface area contributed by atoms with Crippen molar-refractivity contribution in [2.24, 2.45) is 0 Å². The molecule has 1 atom stereocenters. The van der Waals surface area contributed by atoms with Crippen LogP contribution in [0.4, 0.5) is 0 Å². The van der Waals surface area contributed by atoms with Gasteiger partial charge in [-0.1, -0.05) is 30.7 Å². The van der Waals surface area contributed by atoms with Crippen LogP contribution >= 0.6 is 0 Å². The van der Waals surface area contributed by atoms with Gasteiger partial charge in [-0.3, -0.25) is 0 Å². The van der Waals surface area contributed by atoms with Gasteiger partial charge in [0.25, 0.3) is 0 Å². The summed E-state index contributed by atoms with van der Waals surface area (Å²) in [6, 6.07) is 6.99. The highest BCUT2D eigenvalue weighted by Crippen LogP contribution is 2.26. The second kappa shape index (κ2) is 6.61. The summed E-state index contributed by atoms with van der Waals surface area (Å²) in [7, 11) is 0. The number of hydrogen-bond acceptors (Lipinski definition) is 1. The molecule has 1 heteroatoms. The molecule has 0 radical (unpaired) electrons. The van der Waals surface area contributed by atoms with E-state index in [0.29, 0.717) is 6.04 Å². The van der Waals surface area contributed by atoms with Gasteiger partial charge < -0.3 is 5.32 Å². The average Bonchev–Trinajstić information content (AvgIpc) is 2.25. The third kappa shape index (κ3) is 4.01. The zero-order chi connectivity index (χ0) is 12.8. The quantitative estimate of drug-likeness (QED) is 0.719. The fourth-order valence-corrected chi connectivity index (χ4v) is 2.36. The maximum atomic E-state index is 4.00. The Labute approximate surface area is 106 Å². The van der Waals surface area contributed by atoms with E-state index in [1.54, 1.807) is 0 Å². The maximum Gasteiger partial charge on any atom is 0.0328 e. The molecule has 0 fully saturated rings. The second-order valence-corrected chi connectivity index (χ2v) is 4.91. The zero-order valence-electron chi connectivity index (χ0n) is 11.6. The first-order valence-electron chi connectivity index (χ1n) is 6.50. The molecule has 0 saturated heterocycles. The Morgan fingerprint density at radius 2 is 1.88 bits per heavy atom. The van der Waals surface area contributed by atoms with E-state index in [2.05, 4.69) is 57.8 Å². The van der Waals surface area contributed by atoms with Crippen LogP contribution in [0.15, 0.2) is 30.4 Å². The highest BCUT2D eigenvalue weighted by atomic mass is 14.9. The SMILES string of the molecule is C=C(C)CCC(NCC)c1c(C)cccc1C. The van der Waals surface area contributed by atoms with Crippen LogP contribution < -0.4 is 5.32 Å². The summed E-state index contributed by atoms with van der Waals surface area (Å²) in [5, 5.41) is 3.59. The Hall–Kier alpha value is -1.08. The fourth-order valence-electron chi connectivity index (χ4n) is 2.36. The maximum absolute atomic E-state index is 4.00. The largest absolute Gasteiger partial charge is 0.310 e. The molecule has 0 spiro atoms. The molecule has 0 amide bonds.